The Kier molecular flexibility index (Phi) is 2.11. The second-order valence-electron chi connectivity index (χ2n) is 5.07. The quantitative estimate of drug-likeness (QED) is 0.666. The molecular weight excluding hydrogens is 251 g/mol. The average Bonchev–Trinajstić information content (AvgIpc) is 2.36. The molecule has 2 fully saturated rings. The van der Waals surface area contributed by atoms with Crippen molar-refractivity contribution in [2.75, 3.05) is 0 Å². The van der Waals surface area contributed by atoms with Gasteiger partial charge < -0.3 is 0 Å². The zero-order valence-corrected chi connectivity index (χ0v) is 10.7. The molecule has 0 saturated heterocycles. The maximum absolute atomic E-state index is 12.1. The molecule has 2 rings (SSSR count). The second-order valence-corrected chi connectivity index (χ2v) is 7.44. The van der Waals surface area contributed by atoms with Gasteiger partial charge in [0, 0.05) is 0 Å². The number of fused-ring (bicyclic) bond motifs is 2. The molecule has 2 saturated carbocycles. The predicted molar refractivity (Wildman–Crippen MR) is 55.0 cm³/mol. The Balaban J connectivity index is 2.44. The van der Waals surface area contributed by atoms with Gasteiger partial charge in [-0.1, -0.05) is 0 Å². The summed E-state index contributed by atoms with van der Waals surface area (Å²) in [6, 6.07) is 0. The summed E-state index contributed by atoms with van der Waals surface area (Å²) in [5.41, 5.74) is 0.115. The Morgan fingerprint density at radius 2 is 2.08 bits per heavy atom. The standard InChI is InChI=1S/C10H15ClOSe/c1-9(2)6-4-5-10(9,3)8(12)7(6)13-11/h6-7H,4-5H2,1-3H3/t6-,7+,10+/m1/s1. The van der Waals surface area contributed by atoms with Crippen LogP contribution in [0.4, 0.5) is 0 Å². The number of hydrogen-bond donors (Lipinski definition) is 0. The van der Waals surface area contributed by atoms with E-state index in [9.17, 15) is 4.79 Å². The molecule has 0 N–H and O–H groups in total. The normalized spacial score (nSPS) is 47.2. The van der Waals surface area contributed by atoms with Crippen LogP contribution in [0.5, 0.6) is 0 Å². The van der Waals surface area contributed by atoms with Crippen LogP contribution in [-0.4, -0.2) is 19.8 Å². The van der Waals surface area contributed by atoms with Crippen LogP contribution in [0, 0.1) is 16.7 Å². The molecule has 1 nitrogen and oxygen atoms in total. The first kappa shape index (κ1) is 10.0. The van der Waals surface area contributed by atoms with Gasteiger partial charge in [-0.15, -0.1) is 0 Å². The molecule has 13 heavy (non-hydrogen) atoms. The number of carbonyl (C=O) groups excluding carboxylic acids is 1. The van der Waals surface area contributed by atoms with E-state index in [-0.39, 0.29) is 29.7 Å². The summed E-state index contributed by atoms with van der Waals surface area (Å²) in [5, 5.41) is 0. The summed E-state index contributed by atoms with van der Waals surface area (Å²) in [6.07, 6.45) is 2.28. The number of ketones is 1. The van der Waals surface area contributed by atoms with Crippen LogP contribution in [0.25, 0.3) is 0 Å². The van der Waals surface area contributed by atoms with Gasteiger partial charge in [-0.3, -0.25) is 0 Å². The Bertz CT molecular complexity index is 264. The molecule has 0 aliphatic heterocycles. The van der Waals surface area contributed by atoms with Gasteiger partial charge in [-0.25, -0.2) is 0 Å². The third-order valence-corrected chi connectivity index (χ3v) is 7.11. The fourth-order valence-corrected chi connectivity index (χ4v) is 6.15. The van der Waals surface area contributed by atoms with Crippen molar-refractivity contribution in [1.82, 2.24) is 0 Å². The van der Waals surface area contributed by atoms with Crippen molar-refractivity contribution in [1.29, 1.82) is 0 Å². The van der Waals surface area contributed by atoms with Crippen molar-refractivity contribution in [3.8, 4) is 0 Å². The molecule has 0 aromatic carbocycles. The summed E-state index contributed by atoms with van der Waals surface area (Å²) in [4.78, 5) is 12.3. The minimum absolute atomic E-state index is 0.0167. The molecular formula is C10H15ClOSe. The van der Waals surface area contributed by atoms with E-state index in [2.05, 4.69) is 20.8 Å². The minimum atomic E-state index is -0.0705. The van der Waals surface area contributed by atoms with Gasteiger partial charge in [0.25, 0.3) is 0 Å². The monoisotopic (exact) mass is 266 g/mol. The van der Waals surface area contributed by atoms with E-state index in [0.29, 0.717) is 11.7 Å². The number of carbonyl (C=O) groups is 1. The molecule has 74 valence electrons. The zero-order valence-electron chi connectivity index (χ0n) is 8.26. The average molecular weight is 266 g/mol. The molecule has 0 amide bonds. The van der Waals surface area contributed by atoms with Crippen LogP contribution >= 0.6 is 10.1 Å². The first-order chi connectivity index (χ1) is 5.95. The third kappa shape index (κ3) is 0.976. The molecule has 0 aromatic heterocycles. The van der Waals surface area contributed by atoms with Gasteiger partial charge in [0.1, 0.15) is 0 Å². The molecule has 2 bridgehead atoms. The fraction of sp³-hybridized carbons (Fsp3) is 0.900. The van der Waals surface area contributed by atoms with Gasteiger partial charge in [-0.05, 0) is 0 Å². The van der Waals surface area contributed by atoms with Crippen LogP contribution in [0.15, 0.2) is 0 Å². The molecule has 2 aliphatic rings. The first-order valence-electron chi connectivity index (χ1n) is 4.77. The summed E-state index contributed by atoms with van der Waals surface area (Å²) in [6.45, 7) is 6.62. The van der Waals surface area contributed by atoms with Crippen molar-refractivity contribution in [2.24, 2.45) is 16.7 Å². The van der Waals surface area contributed by atoms with Crippen molar-refractivity contribution in [3.05, 3.63) is 0 Å². The predicted octanol–water partition coefficient (Wildman–Crippen LogP) is 2.66. The Hall–Kier alpha value is 0.479. The van der Waals surface area contributed by atoms with Crippen molar-refractivity contribution < 1.29 is 4.79 Å². The molecule has 0 aromatic rings. The van der Waals surface area contributed by atoms with E-state index in [1.165, 1.54) is 6.42 Å². The van der Waals surface area contributed by atoms with Gasteiger partial charge >= 0.3 is 89.9 Å². The third-order valence-electron chi connectivity index (χ3n) is 4.57. The van der Waals surface area contributed by atoms with E-state index in [1.807, 2.05) is 0 Å². The van der Waals surface area contributed by atoms with Crippen LogP contribution in [0.1, 0.15) is 33.6 Å². The molecule has 0 radical (unpaired) electrons. The first-order valence-corrected chi connectivity index (χ1v) is 8.01. The summed E-state index contributed by atoms with van der Waals surface area (Å²) in [5.74, 6) is 1.01. The van der Waals surface area contributed by atoms with Gasteiger partial charge in [0.05, 0.1) is 0 Å². The summed E-state index contributed by atoms with van der Waals surface area (Å²) < 4.78 is 0. The molecule has 2 aliphatic carbocycles. The number of Topliss-reactive ketones (excluding diaryl/α,β-unsaturated/α-hetero) is 1. The number of hydrogen-bond acceptors (Lipinski definition) is 1. The van der Waals surface area contributed by atoms with E-state index in [0.717, 1.165) is 6.42 Å². The zero-order chi connectivity index (χ0) is 9.85. The van der Waals surface area contributed by atoms with E-state index in [4.69, 9.17) is 10.1 Å². The second kappa shape index (κ2) is 2.74. The molecule has 0 heterocycles. The molecule has 3 atom stereocenters. The van der Waals surface area contributed by atoms with Crippen molar-refractivity contribution in [2.45, 2.75) is 38.4 Å². The van der Waals surface area contributed by atoms with Crippen LogP contribution < -0.4 is 0 Å². The summed E-state index contributed by atoms with van der Waals surface area (Å²) in [7, 11) is 5.93. The van der Waals surface area contributed by atoms with Crippen molar-refractivity contribution in [3.63, 3.8) is 0 Å². The van der Waals surface area contributed by atoms with Crippen LogP contribution in [-0.2, 0) is 4.79 Å². The van der Waals surface area contributed by atoms with Crippen LogP contribution in [0.2, 0.25) is 4.82 Å². The number of halogens is 1. The Morgan fingerprint density at radius 3 is 2.38 bits per heavy atom. The maximum atomic E-state index is 12.1. The molecule has 0 spiro atoms. The van der Waals surface area contributed by atoms with Crippen molar-refractivity contribution >= 4 is 29.9 Å². The van der Waals surface area contributed by atoms with E-state index in [1.54, 1.807) is 0 Å². The van der Waals surface area contributed by atoms with Gasteiger partial charge in [-0.2, -0.15) is 0 Å². The Labute approximate surface area is 90.0 Å². The molecule has 0 unspecified atom stereocenters. The van der Waals surface area contributed by atoms with Gasteiger partial charge in [0.15, 0.2) is 0 Å². The van der Waals surface area contributed by atoms with E-state index >= 15 is 0 Å². The fourth-order valence-electron chi connectivity index (χ4n) is 3.11. The SMILES string of the molecule is CC1(C)[C@@H]2CC[C@@]1(C)C(=O)[C@H]2[Se]Cl. The topological polar surface area (TPSA) is 17.1 Å². The number of rotatable bonds is 1. The van der Waals surface area contributed by atoms with E-state index < -0.39 is 0 Å². The van der Waals surface area contributed by atoms with Crippen LogP contribution in [0.3, 0.4) is 0 Å². The Morgan fingerprint density at radius 1 is 1.46 bits per heavy atom. The summed E-state index contributed by atoms with van der Waals surface area (Å²) >= 11 is -0.0167. The van der Waals surface area contributed by atoms with Gasteiger partial charge in [0.2, 0.25) is 0 Å². The molecule has 3 heteroatoms.